The molecule has 0 heterocycles. The highest BCUT2D eigenvalue weighted by atomic mass is 31.0. The molecule has 0 saturated carbocycles. The fourth-order valence-corrected chi connectivity index (χ4v) is 4.69. The molecule has 0 aromatic heterocycles. The first-order valence-corrected chi connectivity index (χ1v) is 14.9. The van der Waals surface area contributed by atoms with Crippen molar-refractivity contribution in [2.24, 2.45) is 0 Å². The third-order valence-corrected chi connectivity index (χ3v) is 6.88. The van der Waals surface area contributed by atoms with E-state index in [1.165, 1.54) is 167 Å². The molecule has 0 rings (SSSR count). The number of unbranched alkanes of at least 4 members (excludes halogenated alkanes) is 25. The average Bonchev–Trinajstić information content (AvgIpc) is 2.76. The highest BCUT2D eigenvalue weighted by molar-refractivity contribution is 7.20. The van der Waals surface area contributed by atoms with Gasteiger partial charge < -0.3 is 0 Å². The molecule has 0 aliphatic heterocycles. The van der Waals surface area contributed by atoms with Gasteiger partial charge in [0.25, 0.3) is 0 Å². The Morgan fingerprint density at radius 3 is 0.833 bits per heavy atom. The van der Waals surface area contributed by atoms with Gasteiger partial charge in [0.1, 0.15) is 0 Å². The lowest BCUT2D eigenvalue weighted by atomic mass is 10.0. The molecule has 1 unspecified atom stereocenters. The number of allylic oxidation sites excluding steroid dienone is 1. The van der Waals surface area contributed by atoms with Crippen LogP contribution in [0.4, 0.5) is 0 Å². The molecule has 30 heavy (non-hydrogen) atoms. The Labute approximate surface area is 195 Å². The van der Waals surface area contributed by atoms with Crippen LogP contribution in [0.2, 0.25) is 0 Å². The van der Waals surface area contributed by atoms with Crippen LogP contribution in [-0.2, 0) is 0 Å². The minimum atomic E-state index is 1.27. The number of rotatable bonds is 26. The van der Waals surface area contributed by atoms with Crippen molar-refractivity contribution in [2.45, 2.75) is 174 Å². The molecule has 0 spiro atoms. The van der Waals surface area contributed by atoms with Crippen LogP contribution in [0.25, 0.3) is 0 Å². The van der Waals surface area contributed by atoms with Crippen molar-refractivity contribution in [1.82, 2.24) is 0 Å². The van der Waals surface area contributed by atoms with Crippen LogP contribution in [0.3, 0.4) is 0 Å². The minimum Gasteiger partial charge on any atom is -0.114 e. The lowest BCUT2D eigenvalue weighted by Gasteiger charge is -2.04. The Bertz CT molecular complexity index is 309. The maximum Gasteiger partial charge on any atom is -0.0347 e. The van der Waals surface area contributed by atoms with E-state index < -0.39 is 0 Å². The molecule has 0 aromatic rings. The molecule has 0 bridgehead atoms. The molecule has 1 atom stereocenters. The van der Waals surface area contributed by atoms with Gasteiger partial charge in [0.05, 0.1) is 0 Å². The fraction of sp³-hybridized carbons (Fsp3) is 0.931. The maximum atomic E-state index is 2.66. The van der Waals surface area contributed by atoms with E-state index in [1.54, 1.807) is 0 Å². The largest absolute Gasteiger partial charge is 0.114 e. The Morgan fingerprint density at radius 2 is 0.600 bits per heavy atom. The summed E-state index contributed by atoms with van der Waals surface area (Å²) in [5.74, 6) is 2.10. The van der Waals surface area contributed by atoms with E-state index in [0.29, 0.717) is 0 Å². The second-order valence-corrected chi connectivity index (χ2v) is 10.1. The second kappa shape index (κ2) is 29.2. The van der Waals surface area contributed by atoms with E-state index in [-0.39, 0.29) is 0 Å². The monoisotopic (exact) mass is 438 g/mol. The SMILES string of the molecule is CCCCCCCCCCCCCCCCCCCCCCCCCCCC=CP. The molecule has 0 saturated heterocycles. The first-order valence-electron chi connectivity index (χ1n) is 14.3. The van der Waals surface area contributed by atoms with E-state index in [4.69, 9.17) is 0 Å². The van der Waals surface area contributed by atoms with Gasteiger partial charge in [-0.2, -0.15) is 0 Å². The first-order chi connectivity index (χ1) is 14.9. The Balaban J connectivity index is 2.99. The predicted octanol–water partition coefficient (Wildman–Crippen LogP) is 11.5. The molecule has 0 radical (unpaired) electrons. The van der Waals surface area contributed by atoms with Crippen LogP contribution in [0.15, 0.2) is 11.9 Å². The normalized spacial score (nSPS) is 11.7. The highest BCUT2D eigenvalue weighted by Gasteiger charge is 1.96. The Hall–Kier alpha value is 0.170. The molecule has 0 aliphatic carbocycles. The summed E-state index contributed by atoms with van der Waals surface area (Å²) in [4.78, 5) is 0. The first kappa shape index (κ1) is 30.2. The van der Waals surface area contributed by atoms with Gasteiger partial charge in [0.2, 0.25) is 0 Å². The van der Waals surface area contributed by atoms with E-state index in [9.17, 15) is 0 Å². The summed E-state index contributed by atoms with van der Waals surface area (Å²) in [6.45, 7) is 2.30. The van der Waals surface area contributed by atoms with Crippen molar-refractivity contribution >= 4 is 9.24 Å². The zero-order valence-electron chi connectivity index (χ0n) is 21.1. The zero-order chi connectivity index (χ0) is 21.8. The van der Waals surface area contributed by atoms with Crippen LogP contribution in [0.5, 0.6) is 0 Å². The van der Waals surface area contributed by atoms with Crippen molar-refractivity contribution in [3.8, 4) is 0 Å². The third kappa shape index (κ3) is 28.2. The number of hydrogen-bond acceptors (Lipinski definition) is 0. The van der Waals surface area contributed by atoms with Gasteiger partial charge in [0, 0.05) is 0 Å². The lowest BCUT2D eigenvalue weighted by molar-refractivity contribution is 0.516. The molecular formula is C29H59P. The minimum absolute atomic E-state index is 1.27. The molecule has 0 N–H and O–H groups in total. The zero-order valence-corrected chi connectivity index (χ0v) is 22.3. The van der Waals surface area contributed by atoms with Gasteiger partial charge in [-0.1, -0.05) is 173 Å². The van der Waals surface area contributed by atoms with Crippen molar-refractivity contribution in [3.05, 3.63) is 11.9 Å². The van der Waals surface area contributed by atoms with Gasteiger partial charge >= 0.3 is 0 Å². The van der Waals surface area contributed by atoms with Crippen LogP contribution in [0, 0.1) is 0 Å². The van der Waals surface area contributed by atoms with Crippen molar-refractivity contribution in [1.29, 1.82) is 0 Å². The van der Waals surface area contributed by atoms with Crippen LogP contribution >= 0.6 is 9.24 Å². The smallest absolute Gasteiger partial charge is 0.0347 e. The second-order valence-electron chi connectivity index (χ2n) is 9.70. The third-order valence-electron chi connectivity index (χ3n) is 6.61. The number of hydrogen-bond donors (Lipinski definition) is 0. The molecule has 180 valence electrons. The Morgan fingerprint density at radius 1 is 0.367 bits per heavy atom. The Kier molecular flexibility index (Phi) is 29.3. The summed E-state index contributed by atoms with van der Waals surface area (Å²) in [6, 6.07) is 0. The van der Waals surface area contributed by atoms with Gasteiger partial charge in [-0.15, -0.1) is 9.24 Å². The summed E-state index contributed by atoms with van der Waals surface area (Å²) < 4.78 is 0. The van der Waals surface area contributed by atoms with E-state index >= 15 is 0 Å². The van der Waals surface area contributed by atoms with E-state index in [1.807, 2.05) is 0 Å². The molecular weight excluding hydrogens is 379 g/mol. The topological polar surface area (TPSA) is 0 Å². The van der Waals surface area contributed by atoms with Gasteiger partial charge in [-0.3, -0.25) is 0 Å². The fourth-order valence-electron chi connectivity index (χ4n) is 4.50. The summed E-state index contributed by atoms with van der Waals surface area (Å²) in [5.41, 5.74) is 0. The van der Waals surface area contributed by atoms with Crippen molar-refractivity contribution in [3.63, 3.8) is 0 Å². The lowest BCUT2D eigenvalue weighted by Crippen LogP contribution is -1.84. The molecule has 0 aliphatic rings. The average molecular weight is 439 g/mol. The standard InChI is InChI=1S/C29H59P/c1-2-3-4-5-6-7-8-9-10-11-12-13-14-15-16-17-18-19-20-21-22-23-24-25-26-27-28-29-30/h28-29H,2-27,30H2,1H3. The van der Waals surface area contributed by atoms with Crippen LogP contribution in [-0.4, -0.2) is 0 Å². The van der Waals surface area contributed by atoms with E-state index in [2.05, 4.69) is 28.1 Å². The van der Waals surface area contributed by atoms with Crippen LogP contribution in [0.1, 0.15) is 174 Å². The highest BCUT2D eigenvalue weighted by Crippen LogP contribution is 2.16. The molecule has 0 nitrogen and oxygen atoms in total. The summed E-state index contributed by atoms with van der Waals surface area (Å²) >= 11 is 0. The van der Waals surface area contributed by atoms with Crippen LogP contribution < -0.4 is 0 Å². The van der Waals surface area contributed by atoms with Gasteiger partial charge in [-0.25, -0.2) is 0 Å². The van der Waals surface area contributed by atoms with Gasteiger partial charge in [0.15, 0.2) is 0 Å². The van der Waals surface area contributed by atoms with Gasteiger partial charge in [-0.05, 0) is 12.8 Å². The van der Waals surface area contributed by atoms with Crippen molar-refractivity contribution in [2.75, 3.05) is 0 Å². The summed E-state index contributed by atoms with van der Waals surface area (Å²) in [7, 11) is 2.66. The summed E-state index contributed by atoms with van der Waals surface area (Å²) in [6.07, 6.45) is 40.3. The molecule has 0 amide bonds. The van der Waals surface area contributed by atoms with Crippen molar-refractivity contribution < 1.29 is 0 Å². The maximum absolute atomic E-state index is 2.66. The molecule has 0 aromatic carbocycles. The molecule has 1 heteroatoms. The molecule has 0 fully saturated rings. The quantitative estimate of drug-likeness (QED) is 0.0930. The van der Waals surface area contributed by atoms with E-state index in [0.717, 1.165) is 0 Å². The predicted molar refractivity (Wildman–Crippen MR) is 145 cm³/mol. The summed E-state index contributed by atoms with van der Waals surface area (Å²) in [5, 5.41) is 0.